The summed E-state index contributed by atoms with van der Waals surface area (Å²) < 4.78 is 1.56. The number of benzene rings is 1. The highest BCUT2D eigenvalue weighted by Crippen LogP contribution is 2.26. The molecule has 6 heteroatoms. The van der Waals surface area contributed by atoms with Gasteiger partial charge in [0, 0.05) is 11.9 Å². The van der Waals surface area contributed by atoms with Gasteiger partial charge >= 0.3 is 0 Å². The minimum absolute atomic E-state index is 0.302. The van der Waals surface area contributed by atoms with E-state index in [1.807, 2.05) is 11.5 Å². The van der Waals surface area contributed by atoms with E-state index in [2.05, 4.69) is 6.92 Å². The van der Waals surface area contributed by atoms with Crippen molar-refractivity contribution in [1.82, 2.24) is 9.99 Å². The van der Waals surface area contributed by atoms with Crippen molar-refractivity contribution in [3.05, 3.63) is 40.2 Å². The number of nitrogen functional groups attached to an aromatic ring is 1. The Morgan fingerprint density at radius 3 is 2.44 bits per heavy atom. The van der Waals surface area contributed by atoms with Crippen LogP contribution in [0.25, 0.3) is 10.9 Å². The van der Waals surface area contributed by atoms with Gasteiger partial charge in [-0.3, -0.25) is 15.0 Å². The highest BCUT2D eigenvalue weighted by Gasteiger charge is 2.21. The van der Waals surface area contributed by atoms with Crippen molar-refractivity contribution in [2.75, 3.05) is 0 Å². The zero-order valence-corrected chi connectivity index (χ0v) is 14.8. The number of aromatic hydroxyl groups is 1. The summed E-state index contributed by atoms with van der Waals surface area (Å²) in [6.45, 7) is 2.70. The normalized spacial score (nSPS) is 11.0. The maximum Gasteiger partial charge on any atom is 0.274 e. The Labute approximate surface area is 147 Å². The first-order valence-corrected chi connectivity index (χ1v) is 8.97. The van der Waals surface area contributed by atoms with Crippen molar-refractivity contribution >= 4 is 16.8 Å². The number of nitrogens with two attached hydrogens (primary N) is 1. The molecule has 0 aliphatic rings. The Balaban J connectivity index is 2.23. The Morgan fingerprint density at radius 2 is 1.76 bits per heavy atom. The lowest BCUT2D eigenvalue weighted by Gasteiger charge is -2.14. The summed E-state index contributed by atoms with van der Waals surface area (Å²) >= 11 is 0. The monoisotopic (exact) mass is 345 g/mol. The summed E-state index contributed by atoms with van der Waals surface area (Å²) in [4.78, 5) is 24.6. The minimum atomic E-state index is -0.776. The zero-order valence-electron chi connectivity index (χ0n) is 14.8. The van der Waals surface area contributed by atoms with Crippen LogP contribution in [0, 0.1) is 0 Å². The number of nitrogens with one attached hydrogen (secondary N) is 1. The molecule has 0 spiro atoms. The standard InChI is InChI=1S/C19H27N3O3/c1-2-3-4-5-6-7-10-13-22-15-12-9-8-11-14(15)17(23)16(19(22)25)18(24)21-20/h8-9,11-12,23H,2-7,10,13,20H2,1H3,(H,21,24). The molecule has 2 rings (SSSR count). The summed E-state index contributed by atoms with van der Waals surface area (Å²) in [5.41, 5.74) is 1.76. The molecule has 0 bridgehead atoms. The van der Waals surface area contributed by atoms with E-state index in [9.17, 15) is 14.7 Å². The smallest absolute Gasteiger partial charge is 0.274 e. The average Bonchev–Trinajstić information content (AvgIpc) is 2.63. The molecule has 0 saturated carbocycles. The SMILES string of the molecule is CCCCCCCCCn1c(=O)c(C(=O)NN)c(O)c2ccccc21. The van der Waals surface area contributed by atoms with Gasteiger partial charge in [-0.2, -0.15) is 0 Å². The van der Waals surface area contributed by atoms with Gasteiger partial charge in [0.05, 0.1) is 5.52 Å². The van der Waals surface area contributed by atoms with Crippen LogP contribution in [0.15, 0.2) is 29.1 Å². The highest BCUT2D eigenvalue weighted by molar-refractivity contribution is 6.02. The molecule has 25 heavy (non-hydrogen) atoms. The predicted octanol–water partition coefficient (Wildman–Crippen LogP) is 3.06. The van der Waals surface area contributed by atoms with Gasteiger partial charge < -0.3 is 9.67 Å². The Bertz CT molecular complexity index is 783. The first-order chi connectivity index (χ1) is 12.1. The molecule has 0 saturated heterocycles. The largest absolute Gasteiger partial charge is 0.506 e. The Hall–Kier alpha value is -2.34. The summed E-state index contributed by atoms with van der Waals surface area (Å²) in [5, 5.41) is 10.8. The summed E-state index contributed by atoms with van der Waals surface area (Å²) in [5.74, 6) is 4.06. The van der Waals surface area contributed by atoms with E-state index in [1.165, 1.54) is 25.7 Å². The molecular formula is C19H27N3O3. The van der Waals surface area contributed by atoms with Crippen LogP contribution >= 0.6 is 0 Å². The van der Waals surface area contributed by atoms with E-state index in [-0.39, 0.29) is 11.3 Å². The third kappa shape index (κ3) is 4.39. The first kappa shape index (κ1) is 19.0. The second-order valence-corrected chi connectivity index (χ2v) is 6.29. The number of carbonyl (C=O) groups is 1. The first-order valence-electron chi connectivity index (χ1n) is 8.97. The number of pyridine rings is 1. The number of fused-ring (bicyclic) bond motifs is 1. The Morgan fingerprint density at radius 1 is 1.12 bits per heavy atom. The van der Waals surface area contributed by atoms with Gasteiger partial charge in [-0.05, 0) is 18.6 Å². The molecule has 0 fully saturated rings. The number of carbonyl (C=O) groups excluding carboxylic acids is 1. The molecule has 6 nitrogen and oxygen atoms in total. The molecular weight excluding hydrogens is 318 g/mol. The maximum absolute atomic E-state index is 12.7. The van der Waals surface area contributed by atoms with Gasteiger partial charge in [0.25, 0.3) is 11.5 Å². The lowest BCUT2D eigenvalue weighted by molar-refractivity contribution is 0.0949. The van der Waals surface area contributed by atoms with Crippen molar-refractivity contribution in [3.8, 4) is 5.75 Å². The quantitative estimate of drug-likeness (QED) is 0.282. The van der Waals surface area contributed by atoms with E-state index < -0.39 is 11.5 Å². The van der Waals surface area contributed by atoms with E-state index in [4.69, 9.17) is 5.84 Å². The molecule has 0 unspecified atom stereocenters. The molecule has 1 aromatic heterocycles. The summed E-state index contributed by atoms with van der Waals surface area (Å²) in [6.07, 6.45) is 7.97. The average molecular weight is 345 g/mol. The number of hydrazine groups is 1. The highest BCUT2D eigenvalue weighted by atomic mass is 16.3. The lowest BCUT2D eigenvalue weighted by atomic mass is 10.1. The van der Waals surface area contributed by atoms with E-state index in [1.54, 1.807) is 22.8 Å². The third-order valence-electron chi connectivity index (χ3n) is 4.49. The van der Waals surface area contributed by atoms with Crippen molar-refractivity contribution in [2.24, 2.45) is 5.84 Å². The fraction of sp³-hybridized carbons (Fsp3) is 0.474. The molecule has 1 heterocycles. The Kier molecular flexibility index (Phi) is 7.01. The number of amides is 1. The fourth-order valence-electron chi connectivity index (χ4n) is 3.12. The van der Waals surface area contributed by atoms with Crippen LogP contribution < -0.4 is 16.8 Å². The molecule has 136 valence electrons. The van der Waals surface area contributed by atoms with Crippen LogP contribution in [0.4, 0.5) is 0 Å². The molecule has 0 aliphatic heterocycles. The number of hydrogen-bond donors (Lipinski definition) is 3. The van der Waals surface area contributed by atoms with Gasteiger partial charge in [-0.1, -0.05) is 57.6 Å². The van der Waals surface area contributed by atoms with E-state index >= 15 is 0 Å². The van der Waals surface area contributed by atoms with E-state index in [0.717, 1.165) is 19.3 Å². The molecule has 1 aromatic carbocycles. The molecule has 0 radical (unpaired) electrons. The molecule has 4 N–H and O–H groups in total. The van der Waals surface area contributed by atoms with Gasteiger partial charge in [0.1, 0.15) is 11.3 Å². The van der Waals surface area contributed by atoms with E-state index in [0.29, 0.717) is 17.4 Å². The van der Waals surface area contributed by atoms with Crippen LogP contribution in [0.1, 0.15) is 62.2 Å². The molecule has 0 aliphatic carbocycles. The molecule has 0 atom stereocenters. The number of aromatic nitrogens is 1. The number of hydrogen-bond acceptors (Lipinski definition) is 4. The second kappa shape index (κ2) is 9.22. The van der Waals surface area contributed by atoms with Gasteiger partial charge in [-0.15, -0.1) is 0 Å². The van der Waals surface area contributed by atoms with Gasteiger partial charge in [0.15, 0.2) is 0 Å². The number of para-hydroxylation sites is 1. The number of aryl methyl sites for hydroxylation is 1. The van der Waals surface area contributed by atoms with Crippen LogP contribution in [-0.2, 0) is 6.54 Å². The number of rotatable bonds is 9. The fourth-order valence-corrected chi connectivity index (χ4v) is 3.12. The van der Waals surface area contributed by atoms with Crippen LogP contribution in [-0.4, -0.2) is 15.6 Å². The number of unbranched alkanes of at least 4 members (excludes halogenated alkanes) is 6. The second-order valence-electron chi connectivity index (χ2n) is 6.29. The van der Waals surface area contributed by atoms with Crippen molar-refractivity contribution in [2.45, 2.75) is 58.4 Å². The topological polar surface area (TPSA) is 97.4 Å². The predicted molar refractivity (Wildman–Crippen MR) is 99.5 cm³/mol. The zero-order chi connectivity index (χ0) is 18.2. The van der Waals surface area contributed by atoms with Crippen molar-refractivity contribution in [1.29, 1.82) is 0 Å². The van der Waals surface area contributed by atoms with Crippen LogP contribution in [0.2, 0.25) is 0 Å². The third-order valence-corrected chi connectivity index (χ3v) is 4.49. The molecule has 1 amide bonds. The van der Waals surface area contributed by atoms with Crippen LogP contribution in [0.3, 0.4) is 0 Å². The number of nitrogens with zero attached hydrogens (tertiary/aromatic N) is 1. The summed E-state index contributed by atoms with van der Waals surface area (Å²) in [6, 6.07) is 7.04. The lowest BCUT2D eigenvalue weighted by Crippen LogP contribution is -2.37. The summed E-state index contributed by atoms with van der Waals surface area (Å²) in [7, 11) is 0. The van der Waals surface area contributed by atoms with Gasteiger partial charge in [0.2, 0.25) is 0 Å². The van der Waals surface area contributed by atoms with Crippen molar-refractivity contribution < 1.29 is 9.90 Å². The molecule has 2 aromatic rings. The maximum atomic E-state index is 12.7. The van der Waals surface area contributed by atoms with Crippen molar-refractivity contribution in [3.63, 3.8) is 0 Å². The minimum Gasteiger partial charge on any atom is -0.506 e. The van der Waals surface area contributed by atoms with Gasteiger partial charge in [-0.25, -0.2) is 5.84 Å². The van der Waals surface area contributed by atoms with Crippen LogP contribution in [0.5, 0.6) is 5.75 Å².